The molecule has 1 aromatic rings. The summed E-state index contributed by atoms with van der Waals surface area (Å²) < 4.78 is 5.41. The molecule has 0 atom stereocenters. The van der Waals surface area contributed by atoms with Gasteiger partial charge in [0.25, 0.3) is 0 Å². The van der Waals surface area contributed by atoms with Crippen molar-refractivity contribution in [3.8, 4) is 11.8 Å². The number of hydrogen-bond acceptors (Lipinski definition) is 3. The lowest BCUT2D eigenvalue weighted by Crippen LogP contribution is -2.33. The highest BCUT2D eigenvalue weighted by Crippen LogP contribution is 2.32. The van der Waals surface area contributed by atoms with Gasteiger partial charge in [-0.05, 0) is 23.1 Å². The van der Waals surface area contributed by atoms with Gasteiger partial charge in [0.05, 0.1) is 19.7 Å². The fourth-order valence-corrected chi connectivity index (χ4v) is 2.14. The van der Waals surface area contributed by atoms with Crippen molar-refractivity contribution in [2.75, 3.05) is 20.2 Å². The minimum atomic E-state index is -0.00718. The van der Waals surface area contributed by atoms with E-state index in [-0.39, 0.29) is 5.41 Å². The number of rotatable bonds is 6. The first-order chi connectivity index (χ1) is 8.92. The zero-order chi connectivity index (χ0) is 14.5. The van der Waals surface area contributed by atoms with Crippen LogP contribution in [-0.2, 0) is 5.41 Å². The van der Waals surface area contributed by atoms with Gasteiger partial charge in [0, 0.05) is 12.0 Å². The van der Waals surface area contributed by atoms with Gasteiger partial charge in [-0.2, -0.15) is 5.26 Å². The normalized spacial score (nSPS) is 11.4. The van der Waals surface area contributed by atoms with E-state index in [2.05, 4.69) is 51.2 Å². The van der Waals surface area contributed by atoms with E-state index in [4.69, 9.17) is 10.00 Å². The molecule has 0 aliphatic carbocycles. The molecule has 1 N–H and O–H groups in total. The van der Waals surface area contributed by atoms with Crippen LogP contribution < -0.4 is 10.1 Å². The summed E-state index contributed by atoms with van der Waals surface area (Å²) in [5.74, 6) is 1.37. The van der Waals surface area contributed by atoms with Crippen LogP contribution in [0.15, 0.2) is 18.2 Å². The van der Waals surface area contributed by atoms with Crippen LogP contribution in [0.5, 0.6) is 5.75 Å². The van der Waals surface area contributed by atoms with Crippen molar-refractivity contribution in [2.45, 2.75) is 39.0 Å². The van der Waals surface area contributed by atoms with Crippen LogP contribution in [0, 0.1) is 11.3 Å². The topological polar surface area (TPSA) is 45.0 Å². The summed E-state index contributed by atoms with van der Waals surface area (Å²) in [6.07, 6.45) is 0. The third-order valence-electron chi connectivity index (χ3n) is 3.40. The molecule has 1 rings (SSSR count). The summed E-state index contributed by atoms with van der Waals surface area (Å²) >= 11 is 0. The summed E-state index contributed by atoms with van der Waals surface area (Å²) in [6, 6.07) is 8.48. The fraction of sp³-hybridized carbons (Fsp3) is 0.562. The molecule has 3 heteroatoms. The smallest absolute Gasteiger partial charge is 0.122 e. The zero-order valence-electron chi connectivity index (χ0n) is 12.6. The van der Waals surface area contributed by atoms with Crippen molar-refractivity contribution >= 4 is 0 Å². The van der Waals surface area contributed by atoms with Crippen LogP contribution >= 0.6 is 0 Å². The largest absolute Gasteiger partial charge is 0.496 e. The third kappa shape index (κ3) is 3.97. The molecule has 0 heterocycles. The zero-order valence-corrected chi connectivity index (χ0v) is 12.6. The minimum absolute atomic E-state index is 0.00718. The van der Waals surface area contributed by atoms with Gasteiger partial charge in [-0.3, -0.25) is 0 Å². The molecule has 0 fully saturated rings. The Morgan fingerprint density at radius 3 is 2.58 bits per heavy atom. The van der Waals surface area contributed by atoms with Gasteiger partial charge in [-0.25, -0.2) is 0 Å². The van der Waals surface area contributed by atoms with Crippen molar-refractivity contribution < 1.29 is 4.74 Å². The number of nitrogens with zero attached hydrogens (tertiary/aromatic N) is 1. The SMILES string of the molecule is COc1ccc(C(C)(C)CNCC#N)cc1C(C)C. The predicted molar refractivity (Wildman–Crippen MR) is 78.6 cm³/mol. The Morgan fingerprint density at radius 2 is 2.05 bits per heavy atom. The monoisotopic (exact) mass is 260 g/mol. The second-order valence-corrected chi connectivity index (χ2v) is 5.76. The maximum absolute atomic E-state index is 8.59. The van der Waals surface area contributed by atoms with Crippen LogP contribution in [0.2, 0.25) is 0 Å². The maximum Gasteiger partial charge on any atom is 0.122 e. The fourth-order valence-electron chi connectivity index (χ4n) is 2.14. The van der Waals surface area contributed by atoms with Crippen molar-refractivity contribution in [2.24, 2.45) is 0 Å². The Morgan fingerprint density at radius 1 is 1.37 bits per heavy atom. The van der Waals surface area contributed by atoms with Crippen molar-refractivity contribution in [1.82, 2.24) is 5.32 Å². The average Bonchev–Trinajstić information content (AvgIpc) is 2.38. The Labute approximate surface area is 116 Å². The first-order valence-corrected chi connectivity index (χ1v) is 6.68. The van der Waals surface area contributed by atoms with Crippen LogP contribution in [0.3, 0.4) is 0 Å². The summed E-state index contributed by atoms with van der Waals surface area (Å²) in [4.78, 5) is 0. The Hall–Kier alpha value is -1.53. The first kappa shape index (κ1) is 15.5. The summed E-state index contributed by atoms with van der Waals surface area (Å²) in [7, 11) is 1.71. The number of benzene rings is 1. The van der Waals surface area contributed by atoms with Crippen LogP contribution in [0.25, 0.3) is 0 Å². The molecule has 19 heavy (non-hydrogen) atoms. The lowest BCUT2D eigenvalue weighted by atomic mass is 9.82. The predicted octanol–water partition coefficient (Wildman–Crippen LogP) is 3.21. The molecule has 3 nitrogen and oxygen atoms in total. The molecule has 0 radical (unpaired) electrons. The van der Waals surface area contributed by atoms with Gasteiger partial charge in [0.1, 0.15) is 5.75 Å². The van der Waals surface area contributed by atoms with Crippen LogP contribution in [0.1, 0.15) is 44.7 Å². The van der Waals surface area contributed by atoms with E-state index in [0.29, 0.717) is 12.5 Å². The van der Waals surface area contributed by atoms with Gasteiger partial charge in [0.2, 0.25) is 0 Å². The molecule has 0 saturated carbocycles. The molecule has 0 aliphatic rings. The Bertz CT molecular complexity index is 458. The number of nitriles is 1. The van der Waals surface area contributed by atoms with E-state index in [1.807, 2.05) is 6.07 Å². The molecule has 0 unspecified atom stereocenters. The summed E-state index contributed by atoms with van der Waals surface area (Å²) in [5, 5.41) is 11.7. The molecular formula is C16H24N2O. The van der Waals surface area contributed by atoms with E-state index in [9.17, 15) is 0 Å². The third-order valence-corrected chi connectivity index (χ3v) is 3.40. The second kappa shape index (κ2) is 6.58. The standard InChI is InChI=1S/C16H24N2O/c1-12(2)14-10-13(6-7-15(14)19-5)16(3,4)11-18-9-8-17/h6-7,10,12,18H,9,11H2,1-5H3. The Balaban J connectivity index is 3.00. The first-order valence-electron chi connectivity index (χ1n) is 6.68. The van der Waals surface area contributed by atoms with Crippen molar-refractivity contribution in [3.63, 3.8) is 0 Å². The van der Waals surface area contributed by atoms with E-state index >= 15 is 0 Å². The maximum atomic E-state index is 8.59. The molecule has 104 valence electrons. The van der Waals surface area contributed by atoms with Gasteiger partial charge < -0.3 is 10.1 Å². The van der Waals surface area contributed by atoms with Crippen LogP contribution in [0.4, 0.5) is 0 Å². The van der Waals surface area contributed by atoms with Crippen molar-refractivity contribution in [3.05, 3.63) is 29.3 Å². The van der Waals surface area contributed by atoms with E-state index in [0.717, 1.165) is 12.3 Å². The summed E-state index contributed by atoms with van der Waals surface area (Å²) in [5.41, 5.74) is 2.49. The molecular weight excluding hydrogens is 236 g/mol. The average molecular weight is 260 g/mol. The number of hydrogen-bond donors (Lipinski definition) is 1. The number of nitrogens with one attached hydrogen (secondary N) is 1. The van der Waals surface area contributed by atoms with Gasteiger partial charge in [0.15, 0.2) is 0 Å². The quantitative estimate of drug-likeness (QED) is 0.631. The lowest BCUT2D eigenvalue weighted by Gasteiger charge is -2.27. The highest BCUT2D eigenvalue weighted by Gasteiger charge is 2.22. The highest BCUT2D eigenvalue weighted by atomic mass is 16.5. The molecule has 0 saturated heterocycles. The number of methoxy groups -OCH3 is 1. The Kier molecular flexibility index (Phi) is 5.38. The van der Waals surface area contributed by atoms with Crippen molar-refractivity contribution in [1.29, 1.82) is 5.26 Å². The molecule has 0 aliphatic heterocycles. The number of ether oxygens (including phenoxy) is 1. The van der Waals surface area contributed by atoms with Gasteiger partial charge >= 0.3 is 0 Å². The molecule has 1 aromatic carbocycles. The highest BCUT2D eigenvalue weighted by molar-refractivity contribution is 5.41. The van der Waals surface area contributed by atoms with E-state index in [1.54, 1.807) is 7.11 Å². The van der Waals surface area contributed by atoms with Crippen LogP contribution in [-0.4, -0.2) is 20.2 Å². The molecule has 0 amide bonds. The molecule has 0 aromatic heterocycles. The van der Waals surface area contributed by atoms with Gasteiger partial charge in [-0.15, -0.1) is 0 Å². The molecule has 0 bridgehead atoms. The summed E-state index contributed by atoms with van der Waals surface area (Å²) in [6.45, 7) is 9.87. The van der Waals surface area contributed by atoms with E-state index < -0.39 is 0 Å². The van der Waals surface area contributed by atoms with E-state index in [1.165, 1.54) is 11.1 Å². The lowest BCUT2D eigenvalue weighted by molar-refractivity contribution is 0.406. The van der Waals surface area contributed by atoms with Gasteiger partial charge in [-0.1, -0.05) is 39.8 Å². The molecule has 0 spiro atoms. The minimum Gasteiger partial charge on any atom is -0.496 e. The second-order valence-electron chi connectivity index (χ2n) is 5.76.